The molecule has 34 heavy (non-hydrogen) atoms. The van der Waals surface area contributed by atoms with Crippen molar-refractivity contribution >= 4 is 23.4 Å². The van der Waals surface area contributed by atoms with Crippen LogP contribution in [0.15, 0.2) is 66.7 Å². The van der Waals surface area contributed by atoms with Crippen molar-refractivity contribution in [3.05, 3.63) is 89.2 Å². The number of anilines is 1. The van der Waals surface area contributed by atoms with Gasteiger partial charge in [-0.2, -0.15) is 0 Å². The number of amides is 3. The van der Waals surface area contributed by atoms with Crippen molar-refractivity contribution < 1.29 is 28.2 Å². The second-order valence-corrected chi connectivity index (χ2v) is 7.12. The SMILES string of the molecule is COc1ccc(C(=O)NCCNC(=O)c2ccc(NC(=O)c3ccc(F)cc3)cc2)cc1OC. The minimum Gasteiger partial charge on any atom is -0.493 e. The largest absolute Gasteiger partial charge is 0.493 e. The molecule has 176 valence electrons. The topological polar surface area (TPSA) is 106 Å². The van der Waals surface area contributed by atoms with Gasteiger partial charge in [-0.15, -0.1) is 0 Å². The predicted molar refractivity (Wildman–Crippen MR) is 125 cm³/mol. The van der Waals surface area contributed by atoms with E-state index in [9.17, 15) is 18.8 Å². The fourth-order valence-electron chi connectivity index (χ4n) is 3.04. The van der Waals surface area contributed by atoms with Crippen LogP contribution in [-0.2, 0) is 0 Å². The molecule has 3 rings (SSSR count). The highest BCUT2D eigenvalue weighted by molar-refractivity contribution is 6.04. The molecule has 0 bridgehead atoms. The van der Waals surface area contributed by atoms with Gasteiger partial charge in [0.15, 0.2) is 11.5 Å². The Balaban J connectivity index is 1.45. The molecule has 0 aliphatic heterocycles. The maximum Gasteiger partial charge on any atom is 0.255 e. The van der Waals surface area contributed by atoms with Crippen molar-refractivity contribution in [1.29, 1.82) is 0 Å². The van der Waals surface area contributed by atoms with Crippen LogP contribution >= 0.6 is 0 Å². The second-order valence-electron chi connectivity index (χ2n) is 7.12. The quantitative estimate of drug-likeness (QED) is 0.421. The van der Waals surface area contributed by atoms with Crippen LogP contribution in [0.2, 0.25) is 0 Å². The molecule has 3 aromatic carbocycles. The smallest absolute Gasteiger partial charge is 0.255 e. The summed E-state index contributed by atoms with van der Waals surface area (Å²) in [5, 5.41) is 8.12. The number of hydrogen-bond acceptors (Lipinski definition) is 5. The van der Waals surface area contributed by atoms with Crippen LogP contribution in [0.25, 0.3) is 0 Å². The molecule has 9 heteroatoms. The molecule has 0 atom stereocenters. The molecule has 3 amide bonds. The van der Waals surface area contributed by atoms with E-state index in [1.807, 2.05) is 0 Å². The summed E-state index contributed by atoms with van der Waals surface area (Å²) >= 11 is 0. The van der Waals surface area contributed by atoms with Crippen molar-refractivity contribution in [1.82, 2.24) is 10.6 Å². The minimum absolute atomic E-state index is 0.223. The normalized spacial score (nSPS) is 10.2. The van der Waals surface area contributed by atoms with Crippen LogP contribution in [-0.4, -0.2) is 45.0 Å². The summed E-state index contributed by atoms with van der Waals surface area (Å²) in [4.78, 5) is 36.8. The van der Waals surface area contributed by atoms with Crippen molar-refractivity contribution in [3.8, 4) is 11.5 Å². The maximum absolute atomic E-state index is 13.0. The summed E-state index contributed by atoms with van der Waals surface area (Å²) in [6, 6.07) is 16.3. The fraction of sp³-hybridized carbons (Fsp3) is 0.160. The van der Waals surface area contributed by atoms with Crippen molar-refractivity contribution in [2.75, 3.05) is 32.6 Å². The highest BCUT2D eigenvalue weighted by Gasteiger charge is 2.11. The number of methoxy groups -OCH3 is 2. The van der Waals surface area contributed by atoms with E-state index in [0.717, 1.165) is 0 Å². The Morgan fingerprint density at radius 1 is 0.676 bits per heavy atom. The lowest BCUT2D eigenvalue weighted by molar-refractivity contribution is 0.0927. The van der Waals surface area contributed by atoms with Gasteiger partial charge in [0.2, 0.25) is 0 Å². The lowest BCUT2D eigenvalue weighted by Crippen LogP contribution is -2.34. The number of ether oxygens (including phenoxy) is 2. The van der Waals surface area contributed by atoms with E-state index in [2.05, 4.69) is 16.0 Å². The van der Waals surface area contributed by atoms with E-state index in [1.165, 1.54) is 38.5 Å². The molecule has 0 aliphatic rings. The van der Waals surface area contributed by atoms with Gasteiger partial charge in [0.25, 0.3) is 17.7 Å². The van der Waals surface area contributed by atoms with E-state index in [1.54, 1.807) is 42.5 Å². The molecule has 0 unspecified atom stereocenters. The fourth-order valence-corrected chi connectivity index (χ4v) is 3.04. The number of carbonyl (C=O) groups is 3. The van der Waals surface area contributed by atoms with Crippen LogP contribution < -0.4 is 25.4 Å². The average molecular weight is 465 g/mol. The summed E-state index contributed by atoms with van der Waals surface area (Å²) < 4.78 is 23.3. The molecule has 3 aromatic rings. The standard InChI is InChI=1S/C25H24FN3O5/c1-33-21-12-7-18(15-22(21)34-2)24(31)28-14-13-27-23(30)16-5-10-20(11-6-16)29-25(32)17-3-8-19(26)9-4-17/h3-12,15H,13-14H2,1-2H3,(H,27,30)(H,28,31)(H,29,32). The van der Waals surface area contributed by atoms with Crippen molar-refractivity contribution in [2.45, 2.75) is 0 Å². The zero-order valence-electron chi connectivity index (χ0n) is 18.7. The Morgan fingerprint density at radius 3 is 1.76 bits per heavy atom. The Hall–Kier alpha value is -4.40. The first-order valence-corrected chi connectivity index (χ1v) is 10.4. The zero-order valence-corrected chi connectivity index (χ0v) is 18.7. The molecule has 0 radical (unpaired) electrons. The van der Waals surface area contributed by atoms with Crippen LogP contribution in [0.3, 0.4) is 0 Å². The van der Waals surface area contributed by atoms with Crippen LogP contribution in [0, 0.1) is 5.82 Å². The molecule has 0 aromatic heterocycles. The van der Waals surface area contributed by atoms with Crippen molar-refractivity contribution in [3.63, 3.8) is 0 Å². The monoisotopic (exact) mass is 465 g/mol. The Labute approximate surface area is 196 Å². The van der Waals surface area contributed by atoms with Gasteiger partial charge < -0.3 is 25.4 Å². The lowest BCUT2D eigenvalue weighted by atomic mass is 10.1. The molecule has 3 N–H and O–H groups in total. The number of hydrogen-bond donors (Lipinski definition) is 3. The summed E-state index contributed by atoms with van der Waals surface area (Å²) in [5.74, 6) is -0.476. The highest BCUT2D eigenvalue weighted by Crippen LogP contribution is 2.27. The van der Waals surface area contributed by atoms with Gasteiger partial charge in [0.1, 0.15) is 5.82 Å². The van der Waals surface area contributed by atoms with E-state index < -0.39 is 5.82 Å². The molecule has 0 saturated carbocycles. The Morgan fingerprint density at radius 2 is 1.18 bits per heavy atom. The molecule has 0 spiro atoms. The van der Waals surface area contributed by atoms with E-state index in [0.29, 0.717) is 33.9 Å². The summed E-state index contributed by atoms with van der Waals surface area (Å²) in [7, 11) is 3.00. The van der Waals surface area contributed by atoms with Crippen molar-refractivity contribution in [2.24, 2.45) is 0 Å². The Bertz CT molecular complexity index is 1160. The van der Waals surface area contributed by atoms with E-state index >= 15 is 0 Å². The molecule has 0 saturated heterocycles. The van der Waals surface area contributed by atoms with Gasteiger partial charge >= 0.3 is 0 Å². The number of carbonyl (C=O) groups excluding carboxylic acids is 3. The third kappa shape index (κ3) is 6.32. The van der Waals surface area contributed by atoms with Gasteiger partial charge in [-0.25, -0.2) is 4.39 Å². The molecular formula is C25H24FN3O5. The summed E-state index contributed by atoms with van der Waals surface area (Å²) in [6.07, 6.45) is 0. The van der Waals surface area contributed by atoms with Gasteiger partial charge in [-0.05, 0) is 66.7 Å². The van der Waals surface area contributed by atoms with E-state index in [4.69, 9.17) is 9.47 Å². The van der Waals surface area contributed by atoms with Crippen LogP contribution in [0.4, 0.5) is 10.1 Å². The molecule has 0 heterocycles. The summed E-state index contributed by atoms with van der Waals surface area (Å²) in [6.45, 7) is 0.450. The first-order chi connectivity index (χ1) is 16.4. The summed E-state index contributed by atoms with van der Waals surface area (Å²) in [5.41, 5.74) is 1.61. The zero-order chi connectivity index (χ0) is 24.5. The van der Waals surface area contributed by atoms with Gasteiger partial charge in [-0.3, -0.25) is 14.4 Å². The molecule has 8 nitrogen and oxygen atoms in total. The van der Waals surface area contributed by atoms with Crippen LogP contribution in [0.1, 0.15) is 31.1 Å². The molecule has 0 aliphatic carbocycles. The minimum atomic E-state index is -0.424. The van der Waals surface area contributed by atoms with E-state index in [-0.39, 0.29) is 30.8 Å². The van der Waals surface area contributed by atoms with Gasteiger partial charge in [0, 0.05) is 35.5 Å². The number of nitrogens with one attached hydrogen (secondary N) is 3. The Kier molecular flexibility index (Phi) is 8.17. The maximum atomic E-state index is 13.0. The number of rotatable bonds is 9. The lowest BCUT2D eigenvalue weighted by Gasteiger charge is -2.11. The average Bonchev–Trinajstić information content (AvgIpc) is 2.86. The molecular weight excluding hydrogens is 441 g/mol. The number of halogens is 1. The number of benzene rings is 3. The third-order valence-corrected chi connectivity index (χ3v) is 4.85. The third-order valence-electron chi connectivity index (χ3n) is 4.85. The van der Waals surface area contributed by atoms with Crippen LogP contribution in [0.5, 0.6) is 11.5 Å². The van der Waals surface area contributed by atoms with Gasteiger partial charge in [-0.1, -0.05) is 0 Å². The van der Waals surface area contributed by atoms with Gasteiger partial charge in [0.05, 0.1) is 14.2 Å². The predicted octanol–water partition coefficient (Wildman–Crippen LogP) is 3.26. The second kappa shape index (κ2) is 11.5. The first kappa shape index (κ1) is 24.2. The first-order valence-electron chi connectivity index (χ1n) is 10.4. The molecule has 0 fully saturated rings. The highest BCUT2D eigenvalue weighted by atomic mass is 19.1.